The summed E-state index contributed by atoms with van der Waals surface area (Å²) in [4.78, 5) is 24.4. The summed E-state index contributed by atoms with van der Waals surface area (Å²) >= 11 is 0. The van der Waals surface area contributed by atoms with Gasteiger partial charge in [0, 0.05) is 0 Å². The van der Waals surface area contributed by atoms with E-state index in [1.54, 1.807) is 12.1 Å². The Labute approximate surface area is 214 Å². The van der Waals surface area contributed by atoms with Gasteiger partial charge in [-0.1, -0.05) is 83.3 Å². The van der Waals surface area contributed by atoms with Gasteiger partial charge in [0.2, 0.25) is 0 Å². The van der Waals surface area contributed by atoms with Crippen LogP contribution in [0.5, 0.6) is 0 Å². The zero-order valence-corrected chi connectivity index (χ0v) is 22.3. The minimum atomic E-state index is -4.48. The summed E-state index contributed by atoms with van der Waals surface area (Å²) in [6.07, 6.45) is 13.2. The first-order valence-electron chi connectivity index (χ1n) is 11.2. The van der Waals surface area contributed by atoms with Crippen LogP contribution in [0.2, 0.25) is 0 Å². The van der Waals surface area contributed by atoms with Crippen molar-refractivity contribution >= 4 is 22.1 Å². The Balaban J connectivity index is 0.00000961. The molecular formula is C23H35NaO7S. The molecule has 0 N–H and O–H groups in total. The van der Waals surface area contributed by atoms with E-state index in [0.717, 1.165) is 19.3 Å². The average molecular weight is 479 g/mol. The van der Waals surface area contributed by atoms with E-state index in [4.69, 9.17) is 9.47 Å². The topological polar surface area (TPSA) is 110 Å². The van der Waals surface area contributed by atoms with Crippen LogP contribution in [0.25, 0.3) is 0 Å². The van der Waals surface area contributed by atoms with Gasteiger partial charge < -0.3 is 14.0 Å². The maximum atomic E-state index is 12.3. The van der Waals surface area contributed by atoms with Crippen molar-refractivity contribution in [3.05, 3.63) is 35.4 Å². The summed E-state index contributed by atoms with van der Waals surface area (Å²) in [6.45, 7) is 1.93. The molecule has 176 valence electrons. The second kappa shape index (κ2) is 18.5. The third-order valence-electron chi connectivity index (χ3n) is 4.91. The van der Waals surface area contributed by atoms with Crippen molar-refractivity contribution in [3.63, 3.8) is 0 Å². The van der Waals surface area contributed by atoms with E-state index in [9.17, 15) is 22.6 Å². The number of unbranched alkanes of at least 4 members (excludes halogenated alkanes) is 10. The predicted octanol–water partition coefficient (Wildman–Crippen LogP) is 1.86. The number of hydrogen-bond acceptors (Lipinski definition) is 7. The standard InChI is InChI=1S/C23H36O7S.Na/c1-2-3-4-5-6-7-8-9-10-11-14-17-29-22(24)20-15-12-13-16-21(20)23(25)30-18-19-31(26,27)28;/h12-13,15-16H,2-11,14,17-19H2,1H3,(H,26,27,28);/q;+1/p-1. The Hall–Kier alpha value is -0.930. The Morgan fingerprint density at radius 3 is 1.59 bits per heavy atom. The Morgan fingerprint density at radius 1 is 0.750 bits per heavy atom. The van der Waals surface area contributed by atoms with Crippen molar-refractivity contribution in [2.75, 3.05) is 19.0 Å². The molecule has 0 amide bonds. The minimum Gasteiger partial charge on any atom is -0.748 e. The third kappa shape index (κ3) is 15.0. The molecule has 0 saturated carbocycles. The van der Waals surface area contributed by atoms with Crippen LogP contribution in [0.15, 0.2) is 24.3 Å². The number of rotatable bonds is 17. The largest absolute Gasteiger partial charge is 1.00 e. The molecule has 7 nitrogen and oxygen atoms in total. The van der Waals surface area contributed by atoms with E-state index in [1.165, 1.54) is 63.5 Å². The molecule has 1 aromatic carbocycles. The van der Waals surface area contributed by atoms with Gasteiger partial charge in [-0.3, -0.25) is 0 Å². The van der Waals surface area contributed by atoms with E-state index in [0.29, 0.717) is 0 Å². The second-order valence-corrected chi connectivity index (χ2v) is 9.14. The fraction of sp³-hybridized carbons (Fsp3) is 0.652. The molecule has 9 heteroatoms. The molecule has 0 saturated heterocycles. The molecule has 0 spiro atoms. The molecule has 0 bridgehead atoms. The first kappa shape index (κ1) is 31.1. The Bertz CT molecular complexity index is 765. The molecule has 0 aliphatic rings. The zero-order chi connectivity index (χ0) is 23.0. The number of carbonyl (C=O) groups is 2. The minimum absolute atomic E-state index is 0. The molecule has 0 fully saturated rings. The molecular weight excluding hydrogens is 443 g/mol. The fourth-order valence-corrected chi connectivity index (χ4v) is 3.45. The number of benzene rings is 1. The van der Waals surface area contributed by atoms with E-state index in [2.05, 4.69) is 6.92 Å². The monoisotopic (exact) mass is 478 g/mol. The van der Waals surface area contributed by atoms with Crippen LogP contribution < -0.4 is 29.6 Å². The summed E-state index contributed by atoms with van der Waals surface area (Å²) < 4.78 is 41.8. The van der Waals surface area contributed by atoms with Crippen LogP contribution in [0, 0.1) is 0 Å². The smallest absolute Gasteiger partial charge is 0.748 e. The molecule has 1 aromatic rings. The van der Waals surface area contributed by atoms with Crippen molar-refractivity contribution in [2.45, 2.75) is 77.6 Å². The van der Waals surface area contributed by atoms with Gasteiger partial charge in [0.25, 0.3) is 0 Å². The number of ether oxygens (including phenoxy) is 2. The number of esters is 2. The summed E-state index contributed by atoms with van der Waals surface area (Å²) in [6, 6.07) is 6.00. The van der Waals surface area contributed by atoms with Crippen molar-refractivity contribution in [2.24, 2.45) is 0 Å². The molecule has 0 aliphatic carbocycles. The Kier molecular flexibility index (Phi) is 18.0. The molecule has 0 aliphatic heterocycles. The van der Waals surface area contributed by atoms with Gasteiger partial charge in [0.05, 0.1) is 33.6 Å². The first-order valence-corrected chi connectivity index (χ1v) is 12.8. The summed E-state index contributed by atoms with van der Waals surface area (Å²) in [5, 5.41) is 0. The van der Waals surface area contributed by atoms with Gasteiger partial charge in [-0.25, -0.2) is 18.0 Å². The summed E-state index contributed by atoms with van der Waals surface area (Å²) in [5.41, 5.74) is 0.0373. The van der Waals surface area contributed by atoms with E-state index >= 15 is 0 Å². The molecule has 0 unspecified atom stereocenters. The van der Waals surface area contributed by atoms with Gasteiger partial charge in [-0.05, 0) is 18.6 Å². The molecule has 0 heterocycles. The summed E-state index contributed by atoms with van der Waals surface area (Å²) in [5.74, 6) is -2.31. The molecule has 0 atom stereocenters. The Morgan fingerprint density at radius 2 is 1.16 bits per heavy atom. The quantitative estimate of drug-likeness (QED) is 0.145. The van der Waals surface area contributed by atoms with Crippen LogP contribution in [-0.2, 0) is 19.6 Å². The van der Waals surface area contributed by atoms with Gasteiger partial charge in [-0.2, -0.15) is 0 Å². The van der Waals surface area contributed by atoms with E-state index in [-0.39, 0.29) is 47.3 Å². The molecule has 32 heavy (non-hydrogen) atoms. The molecule has 1 rings (SSSR count). The van der Waals surface area contributed by atoms with Gasteiger partial charge in [0.15, 0.2) is 0 Å². The maximum absolute atomic E-state index is 12.3. The SMILES string of the molecule is CCCCCCCCCCCCCOC(=O)c1ccccc1C(=O)OCCS(=O)(=O)[O-].[Na+]. The average Bonchev–Trinajstić information content (AvgIpc) is 2.73. The van der Waals surface area contributed by atoms with E-state index < -0.39 is 34.4 Å². The van der Waals surface area contributed by atoms with E-state index in [1.807, 2.05) is 0 Å². The maximum Gasteiger partial charge on any atom is 1.00 e. The first-order chi connectivity index (χ1) is 14.8. The fourth-order valence-electron chi connectivity index (χ4n) is 3.16. The molecule has 0 aromatic heterocycles. The van der Waals surface area contributed by atoms with Crippen LogP contribution in [0.1, 0.15) is 98.3 Å². The van der Waals surface area contributed by atoms with Crippen molar-refractivity contribution in [3.8, 4) is 0 Å². The van der Waals surface area contributed by atoms with Crippen molar-refractivity contribution in [1.82, 2.24) is 0 Å². The summed E-state index contributed by atoms with van der Waals surface area (Å²) in [7, 11) is -4.48. The van der Waals surface area contributed by atoms with Crippen LogP contribution in [0.4, 0.5) is 0 Å². The number of carbonyl (C=O) groups excluding carboxylic acids is 2. The van der Waals surface area contributed by atoms with Crippen molar-refractivity contribution in [1.29, 1.82) is 0 Å². The predicted molar refractivity (Wildman–Crippen MR) is 118 cm³/mol. The van der Waals surface area contributed by atoms with Gasteiger partial charge >= 0.3 is 41.5 Å². The zero-order valence-electron chi connectivity index (χ0n) is 19.5. The number of hydrogen-bond donors (Lipinski definition) is 0. The van der Waals surface area contributed by atoms with Crippen molar-refractivity contribution < 1.29 is 61.6 Å². The second-order valence-electron chi connectivity index (χ2n) is 7.61. The van der Waals surface area contributed by atoms with Gasteiger partial charge in [-0.15, -0.1) is 0 Å². The van der Waals surface area contributed by atoms with Crippen LogP contribution >= 0.6 is 0 Å². The molecule has 0 radical (unpaired) electrons. The van der Waals surface area contributed by atoms with Crippen LogP contribution in [0.3, 0.4) is 0 Å². The van der Waals surface area contributed by atoms with Crippen LogP contribution in [-0.4, -0.2) is 43.9 Å². The normalized spacial score (nSPS) is 10.9. The van der Waals surface area contributed by atoms with Gasteiger partial charge in [0.1, 0.15) is 6.61 Å². The third-order valence-corrected chi connectivity index (χ3v) is 5.58.